The number of ether oxygens (including phenoxy) is 2. The summed E-state index contributed by atoms with van der Waals surface area (Å²) in [4.78, 5) is 4.20. The third-order valence-electron chi connectivity index (χ3n) is 3.93. The van der Waals surface area contributed by atoms with E-state index >= 15 is 0 Å². The Morgan fingerprint density at radius 3 is 2.62 bits per heavy atom. The Balaban J connectivity index is 0.00000243. The van der Waals surface area contributed by atoms with E-state index < -0.39 is 0 Å². The average molecular weight is 471 g/mol. The molecule has 0 atom stereocenters. The largest absolute Gasteiger partial charge is 0.490 e. The minimum absolute atomic E-state index is 0. The number of nitrogens with zero attached hydrogens (tertiary/aromatic N) is 1. The Labute approximate surface area is 170 Å². The fourth-order valence-electron chi connectivity index (χ4n) is 2.49. The second kappa shape index (κ2) is 9.61. The molecular weight excluding hydrogens is 448 g/mol. The van der Waals surface area contributed by atoms with E-state index in [1.165, 1.54) is 6.07 Å². The summed E-state index contributed by atoms with van der Waals surface area (Å²) >= 11 is 0. The summed E-state index contributed by atoms with van der Waals surface area (Å²) < 4.78 is 24.9. The third-order valence-corrected chi connectivity index (χ3v) is 3.93. The zero-order chi connectivity index (χ0) is 17.6. The molecule has 0 amide bonds. The Kier molecular flexibility index (Phi) is 7.50. The number of rotatable bonds is 3. The predicted molar refractivity (Wildman–Crippen MR) is 112 cm³/mol. The molecule has 0 spiro atoms. The molecule has 0 aliphatic carbocycles. The molecule has 7 heteroatoms. The first-order chi connectivity index (χ1) is 12.2. The Morgan fingerprint density at radius 2 is 1.88 bits per heavy atom. The summed E-state index contributed by atoms with van der Waals surface area (Å²) in [5, 5.41) is 6.38. The van der Waals surface area contributed by atoms with Crippen molar-refractivity contribution in [3.63, 3.8) is 0 Å². The van der Waals surface area contributed by atoms with Crippen molar-refractivity contribution in [3.8, 4) is 11.5 Å². The average Bonchev–Trinajstić information content (AvgIpc) is 2.86. The molecule has 2 N–H and O–H groups in total. The summed E-state index contributed by atoms with van der Waals surface area (Å²) in [6.07, 6.45) is 0.869. The minimum atomic E-state index is -0.204. The molecule has 0 unspecified atom stereocenters. The number of hydrogen-bond donors (Lipinski definition) is 2. The first-order valence-corrected chi connectivity index (χ1v) is 8.28. The Morgan fingerprint density at radius 1 is 1.12 bits per heavy atom. The Hall–Kier alpha value is -2.03. The smallest absolute Gasteiger partial charge is 0.195 e. The second-order valence-corrected chi connectivity index (χ2v) is 5.85. The standard InChI is InChI=1S/C19H22FN3O2.HI/c1-13-4-5-14(10-16(13)20)12-22-19(21-2)23-15-6-7-17-18(11-15)25-9-3-8-24-17;/h4-7,10-11H,3,8-9,12H2,1-2H3,(H2,21,22,23);1H. The highest BCUT2D eigenvalue weighted by Crippen LogP contribution is 2.32. The molecule has 1 heterocycles. The van der Waals surface area contributed by atoms with Crippen LogP contribution in [0.4, 0.5) is 10.1 Å². The van der Waals surface area contributed by atoms with Gasteiger partial charge in [-0.25, -0.2) is 4.39 Å². The van der Waals surface area contributed by atoms with Crippen LogP contribution in [0.5, 0.6) is 11.5 Å². The van der Waals surface area contributed by atoms with Crippen molar-refractivity contribution in [1.82, 2.24) is 5.32 Å². The van der Waals surface area contributed by atoms with Crippen LogP contribution in [0.1, 0.15) is 17.5 Å². The lowest BCUT2D eigenvalue weighted by atomic mass is 10.1. The van der Waals surface area contributed by atoms with Gasteiger partial charge in [0.15, 0.2) is 17.5 Å². The van der Waals surface area contributed by atoms with Gasteiger partial charge in [-0.15, -0.1) is 24.0 Å². The maximum atomic E-state index is 13.6. The number of anilines is 1. The molecule has 0 fully saturated rings. The monoisotopic (exact) mass is 471 g/mol. The van der Waals surface area contributed by atoms with E-state index in [1.54, 1.807) is 20.0 Å². The van der Waals surface area contributed by atoms with Crippen LogP contribution < -0.4 is 20.1 Å². The van der Waals surface area contributed by atoms with E-state index in [0.29, 0.717) is 31.3 Å². The van der Waals surface area contributed by atoms with Crippen LogP contribution >= 0.6 is 24.0 Å². The van der Waals surface area contributed by atoms with Crippen LogP contribution in [0.15, 0.2) is 41.4 Å². The normalized spacial score (nSPS) is 13.4. The van der Waals surface area contributed by atoms with Crippen LogP contribution in [0.3, 0.4) is 0 Å². The van der Waals surface area contributed by atoms with Crippen LogP contribution in [0, 0.1) is 12.7 Å². The van der Waals surface area contributed by atoms with Crippen molar-refractivity contribution in [3.05, 3.63) is 53.3 Å². The van der Waals surface area contributed by atoms with Gasteiger partial charge < -0.3 is 20.1 Å². The van der Waals surface area contributed by atoms with E-state index in [9.17, 15) is 4.39 Å². The van der Waals surface area contributed by atoms with E-state index in [2.05, 4.69) is 15.6 Å². The van der Waals surface area contributed by atoms with Gasteiger partial charge in [0, 0.05) is 31.8 Å². The van der Waals surface area contributed by atoms with E-state index in [-0.39, 0.29) is 29.8 Å². The number of nitrogens with one attached hydrogen (secondary N) is 2. The first kappa shape index (κ1) is 20.3. The number of hydrogen-bond acceptors (Lipinski definition) is 3. The molecule has 0 aromatic heterocycles. The van der Waals surface area contributed by atoms with Gasteiger partial charge in [-0.2, -0.15) is 0 Å². The molecule has 0 radical (unpaired) electrons. The molecule has 26 heavy (non-hydrogen) atoms. The molecule has 2 aromatic carbocycles. The number of benzene rings is 2. The number of halogens is 2. The second-order valence-electron chi connectivity index (χ2n) is 5.85. The summed E-state index contributed by atoms with van der Waals surface area (Å²) in [7, 11) is 1.69. The molecule has 0 bridgehead atoms. The van der Waals surface area contributed by atoms with Crippen molar-refractivity contribution >= 4 is 35.6 Å². The van der Waals surface area contributed by atoms with E-state index in [4.69, 9.17) is 9.47 Å². The van der Waals surface area contributed by atoms with Crippen LogP contribution in [0.2, 0.25) is 0 Å². The molecular formula is C19H23FIN3O2. The number of aliphatic imine (C=N–C) groups is 1. The van der Waals surface area contributed by atoms with E-state index in [0.717, 1.165) is 29.2 Å². The van der Waals surface area contributed by atoms with E-state index in [1.807, 2.05) is 24.3 Å². The molecule has 1 aliphatic rings. The summed E-state index contributed by atoms with van der Waals surface area (Å²) in [6, 6.07) is 10.9. The highest BCUT2D eigenvalue weighted by molar-refractivity contribution is 14.0. The molecule has 5 nitrogen and oxygen atoms in total. The van der Waals surface area contributed by atoms with Gasteiger partial charge in [0.25, 0.3) is 0 Å². The maximum absolute atomic E-state index is 13.6. The van der Waals surface area contributed by atoms with Gasteiger partial charge in [0.1, 0.15) is 5.82 Å². The van der Waals surface area contributed by atoms with Crippen LogP contribution in [0.25, 0.3) is 0 Å². The molecule has 140 valence electrons. The third kappa shape index (κ3) is 5.23. The van der Waals surface area contributed by atoms with Crippen molar-refractivity contribution in [2.45, 2.75) is 19.9 Å². The number of guanidine groups is 1. The molecule has 0 saturated heterocycles. The first-order valence-electron chi connectivity index (χ1n) is 8.28. The van der Waals surface area contributed by atoms with Gasteiger partial charge in [0.2, 0.25) is 0 Å². The fourth-order valence-corrected chi connectivity index (χ4v) is 2.49. The lowest BCUT2D eigenvalue weighted by Crippen LogP contribution is -2.30. The van der Waals surface area contributed by atoms with Gasteiger partial charge in [-0.3, -0.25) is 4.99 Å². The van der Waals surface area contributed by atoms with Crippen molar-refractivity contribution in [2.24, 2.45) is 4.99 Å². The van der Waals surface area contributed by atoms with Crippen molar-refractivity contribution in [1.29, 1.82) is 0 Å². The predicted octanol–water partition coefficient (Wildman–Crippen LogP) is 4.10. The number of aryl methyl sites for hydroxylation is 1. The summed E-state index contributed by atoms with van der Waals surface area (Å²) in [5.41, 5.74) is 2.33. The zero-order valence-corrected chi connectivity index (χ0v) is 17.2. The van der Waals surface area contributed by atoms with Gasteiger partial charge in [-0.1, -0.05) is 12.1 Å². The number of fused-ring (bicyclic) bond motifs is 1. The minimum Gasteiger partial charge on any atom is -0.490 e. The van der Waals surface area contributed by atoms with Gasteiger partial charge in [-0.05, 0) is 36.2 Å². The van der Waals surface area contributed by atoms with Gasteiger partial charge >= 0.3 is 0 Å². The molecule has 2 aromatic rings. The topological polar surface area (TPSA) is 54.9 Å². The Bertz CT molecular complexity index is 783. The molecule has 3 rings (SSSR count). The fraction of sp³-hybridized carbons (Fsp3) is 0.316. The SMILES string of the molecule is CN=C(NCc1ccc(C)c(F)c1)Nc1ccc2c(c1)OCCCO2.I. The zero-order valence-electron chi connectivity index (χ0n) is 14.8. The van der Waals surface area contributed by atoms with Crippen LogP contribution in [-0.4, -0.2) is 26.2 Å². The van der Waals surface area contributed by atoms with Crippen LogP contribution in [-0.2, 0) is 6.54 Å². The summed E-state index contributed by atoms with van der Waals surface area (Å²) in [6.45, 7) is 3.52. The van der Waals surface area contributed by atoms with Crippen molar-refractivity contribution < 1.29 is 13.9 Å². The lowest BCUT2D eigenvalue weighted by Gasteiger charge is -2.14. The van der Waals surface area contributed by atoms with Gasteiger partial charge in [0.05, 0.1) is 13.2 Å². The summed E-state index contributed by atoms with van der Waals surface area (Å²) in [5.74, 6) is 1.86. The molecule has 1 aliphatic heterocycles. The highest BCUT2D eigenvalue weighted by atomic mass is 127. The maximum Gasteiger partial charge on any atom is 0.195 e. The highest BCUT2D eigenvalue weighted by Gasteiger charge is 2.11. The quantitative estimate of drug-likeness (QED) is 0.402. The van der Waals surface area contributed by atoms with Crippen molar-refractivity contribution in [2.75, 3.05) is 25.6 Å². The molecule has 0 saturated carbocycles. The lowest BCUT2D eigenvalue weighted by molar-refractivity contribution is 0.297.